The van der Waals surface area contributed by atoms with Gasteiger partial charge in [0.25, 0.3) is 0 Å². The van der Waals surface area contributed by atoms with Crippen molar-refractivity contribution in [2.45, 2.75) is 32.2 Å². The Hall–Kier alpha value is -2.00. The number of hydrogen-bond donors (Lipinski definition) is 0. The number of Topliss-reactive ketones (excluding diaryl/α,β-unsaturated/α-hetero) is 1. The van der Waals surface area contributed by atoms with Crippen LogP contribution < -0.4 is 0 Å². The molecule has 1 aliphatic heterocycles. The molecule has 3 heteroatoms. The van der Waals surface area contributed by atoms with Crippen molar-refractivity contribution >= 4 is 5.78 Å². The summed E-state index contributed by atoms with van der Waals surface area (Å²) in [6.07, 6.45) is 2.14. The molecule has 2 aromatic rings. The van der Waals surface area contributed by atoms with Gasteiger partial charge in [-0.1, -0.05) is 55.8 Å². The molecular weight excluding hydrogens is 325 g/mol. The average Bonchev–Trinajstić information content (AvgIpc) is 3.16. The summed E-state index contributed by atoms with van der Waals surface area (Å²) in [5.41, 5.74) is 2.31. The number of carbonyl (C=O) groups excluding carboxylic acids is 1. The Bertz CT molecular complexity index is 758. The highest BCUT2D eigenvalue weighted by Gasteiger charge is 2.53. The maximum absolute atomic E-state index is 13.3. The van der Waals surface area contributed by atoms with Crippen LogP contribution in [0, 0.1) is 23.6 Å². The third-order valence-corrected chi connectivity index (χ3v) is 6.19. The van der Waals surface area contributed by atoms with Crippen molar-refractivity contribution in [2.24, 2.45) is 17.8 Å². The zero-order valence-corrected chi connectivity index (χ0v) is 15.3. The first-order chi connectivity index (χ1) is 12.7. The molecule has 2 fully saturated rings. The number of hydrogen-bond acceptors (Lipinski definition) is 2. The van der Waals surface area contributed by atoms with E-state index < -0.39 is 0 Å². The Kier molecular flexibility index (Phi) is 4.90. The molecule has 0 N–H and O–H groups in total. The molecule has 136 valence electrons. The summed E-state index contributed by atoms with van der Waals surface area (Å²) >= 11 is 0. The van der Waals surface area contributed by atoms with E-state index in [1.165, 1.54) is 17.7 Å². The van der Waals surface area contributed by atoms with E-state index in [4.69, 9.17) is 0 Å². The quantitative estimate of drug-likeness (QED) is 0.781. The smallest absolute Gasteiger partial charge is 0.145 e. The van der Waals surface area contributed by atoms with E-state index in [2.05, 4.69) is 36.1 Å². The van der Waals surface area contributed by atoms with Crippen molar-refractivity contribution in [3.8, 4) is 0 Å². The second-order valence-electron chi connectivity index (χ2n) is 7.83. The van der Waals surface area contributed by atoms with Crippen LogP contribution in [0.2, 0.25) is 0 Å². The Labute approximate surface area is 155 Å². The summed E-state index contributed by atoms with van der Waals surface area (Å²) in [5, 5.41) is 0. The second kappa shape index (κ2) is 7.32. The van der Waals surface area contributed by atoms with E-state index in [-0.39, 0.29) is 17.7 Å². The summed E-state index contributed by atoms with van der Waals surface area (Å²) in [5.74, 6) is 1.02. The first-order valence-corrected chi connectivity index (χ1v) is 9.73. The Morgan fingerprint density at radius 3 is 2.46 bits per heavy atom. The summed E-state index contributed by atoms with van der Waals surface area (Å²) in [4.78, 5) is 15.7. The molecule has 26 heavy (non-hydrogen) atoms. The average molecular weight is 351 g/mol. The van der Waals surface area contributed by atoms with Gasteiger partial charge in [0.2, 0.25) is 0 Å². The summed E-state index contributed by atoms with van der Waals surface area (Å²) < 4.78 is 13.3. The summed E-state index contributed by atoms with van der Waals surface area (Å²) in [6, 6.07) is 17.1. The first kappa shape index (κ1) is 17.4. The largest absolute Gasteiger partial charge is 0.299 e. The van der Waals surface area contributed by atoms with Crippen LogP contribution in [-0.4, -0.2) is 23.8 Å². The van der Waals surface area contributed by atoms with Gasteiger partial charge in [-0.05, 0) is 41.5 Å². The topological polar surface area (TPSA) is 20.3 Å². The molecule has 1 aliphatic carbocycles. The van der Waals surface area contributed by atoms with E-state index >= 15 is 0 Å². The Balaban J connectivity index is 1.54. The minimum absolute atomic E-state index is 0.0515. The van der Waals surface area contributed by atoms with E-state index in [0.29, 0.717) is 17.6 Å². The molecule has 1 saturated carbocycles. The van der Waals surface area contributed by atoms with Crippen LogP contribution in [0.1, 0.15) is 36.8 Å². The number of benzene rings is 2. The number of rotatable bonds is 5. The SMILES string of the molecule is CCCC1C(c2ccc(F)cc2)C(=O)C2CN(Cc3ccccc3)CC21. The molecule has 0 radical (unpaired) electrons. The van der Waals surface area contributed by atoms with E-state index in [9.17, 15) is 9.18 Å². The van der Waals surface area contributed by atoms with Gasteiger partial charge in [-0.15, -0.1) is 0 Å². The lowest BCUT2D eigenvalue weighted by Crippen LogP contribution is -2.27. The highest BCUT2D eigenvalue weighted by molar-refractivity contribution is 5.91. The van der Waals surface area contributed by atoms with Gasteiger partial charge in [0, 0.05) is 31.5 Å². The fourth-order valence-corrected chi connectivity index (χ4v) is 5.10. The molecule has 0 bridgehead atoms. The number of carbonyl (C=O) groups is 1. The van der Waals surface area contributed by atoms with Gasteiger partial charge in [-0.25, -0.2) is 4.39 Å². The zero-order chi connectivity index (χ0) is 18.1. The van der Waals surface area contributed by atoms with Crippen LogP contribution in [0.25, 0.3) is 0 Å². The van der Waals surface area contributed by atoms with Crippen LogP contribution in [-0.2, 0) is 11.3 Å². The predicted octanol–water partition coefficient (Wildman–Crippen LogP) is 4.66. The van der Waals surface area contributed by atoms with Gasteiger partial charge in [0.15, 0.2) is 0 Å². The predicted molar refractivity (Wildman–Crippen MR) is 101 cm³/mol. The number of halogens is 1. The van der Waals surface area contributed by atoms with Crippen molar-refractivity contribution in [1.29, 1.82) is 0 Å². The van der Waals surface area contributed by atoms with E-state index in [1.54, 1.807) is 0 Å². The normalized spacial score (nSPS) is 28.5. The highest BCUT2D eigenvalue weighted by atomic mass is 19.1. The molecule has 2 aliphatic rings. The minimum Gasteiger partial charge on any atom is -0.299 e. The lowest BCUT2D eigenvalue weighted by molar-refractivity contribution is -0.122. The molecule has 4 rings (SSSR count). The van der Waals surface area contributed by atoms with Crippen LogP contribution in [0.15, 0.2) is 54.6 Å². The van der Waals surface area contributed by atoms with Gasteiger partial charge in [-0.2, -0.15) is 0 Å². The third-order valence-electron chi connectivity index (χ3n) is 6.19. The van der Waals surface area contributed by atoms with Crippen molar-refractivity contribution in [3.63, 3.8) is 0 Å². The fourth-order valence-electron chi connectivity index (χ4n) is 5.10. The van der Waals surface area contributed by atoms with Crippen LogP contribution in [0.3, 0.4) is 0 Å². The standard InChI is InChI=1S/C23H26FNO/c1-2-6-19-20-14-25(13-16-7-4-3-5-8-16)15-21(20)23(26)22(19)17-9-11-18(24)12-10-17/h3-5,7-12,19-22H,2,6,13-15H2,1H3. The molecule has 4 unspecified atom stereocenters. The molecular formula is C23H26FNO. The zero-order valence-electron chi connectivity index (χ0n) is 15.3. The van der Waals surface area contributed by atoms with Gasteiger partial charge in [-0.3, -0.25) is 9.69 Å². The second-order valence-corrected chi connectivity index (χ2v) is 7.83. The van der Waals surface area contributed by atoms with E-state index in [0.717, 1.165) is 38.0 Å². The first-order valence-electron chi connectivity index (χ1n) is 9.73. The van der Waals surface area contributed by atoms with Crippen LogP contribution in [0.5, 0.6) is 0 Å². The molecule has 0 aromatic heterocycles. The fraction of sp³-hybridized carbons (Fsp3) is 0.435. The molecule has 0 amide bonds. The maximum Gasteiger partial charge on any atom is 0.145 e. The van der Waals surface area contributed by atoms with Crippen molar-refractivity contribution in [2.75, 3.05) is 13.1 Å². The third kappa shape index (κ3) is 3.21. The monoisotopic (exact) mass is 351 g/mol. The molecule has 1 saturated heterocycles. The number of ketones is 1. The maximum atomic E-state index is 13.3. The Morgan fingerprint density at radius 1 is 1.04 bits per heavy atom. The summed E-state index contributed by atoms with van der Waals surface area (Å²) in [7, 11) is 0. The number of likely N-dealkylation sites (tertiary alicyclic amines) is 1. The van der Waals surface area contributed by atoms with Gasteiger partial charge < -0.3 is 0 Å². The van der Waals surface area contributed by atoms with Gasteiger partial charge in [0.1, 0.15) is 11.6 Å². The van der Waals surface area contributed by atoms with Crippen molar-refractivity contribution in [1.82, 2.24) is 4.90 Å². The van der Waals surface area contributed by atoms with Crippen molar-refractivity contribution < 1.29 is 9.18 Å². The van der Waals surface area contributed by atoms with Crippen LogP contribution in [0.4, 0.5) is 4.39 Å². The van der Waals surface area contributed by atoms with Crippen LogP contribution >= 0.6 is 0 Å². The lowest BCUT2D eigenvalue weighted by Gasteiger charge is -2.25. The van der Waals surface area contributed by atoms with Gasteiger partial charge in [0.05, 0.1) is 0 Å². The summed E-state index contributed by atoms with van der Waals surface area (Å²) in [6.45, 7) is 4.96. The molecule has 2 nitrogen and oxygen atoms in total. The number of fused-ring (bicyclic) bond motifs is 1. The minimum atomic E-state index is -0.236. The van der Waals surface area contributed by atoms with Gasteiger partial charge >= 0.3 is 0 Å². The Morgan fingerprint density at radius 2 is 1.77 bits per heavy atom. The molecule has 0 spiro atoms. The highest BCUT2D eigenvalue weighted by Crippen LogP contribution is 2.50. The molecule has 1 heterocycles. The lowest BCUT2D eigenvalue weighted by atomic mass is 9.81. The molecule has 2 aromatic carbocycles. The number of nitrogens with zero attached hydrogens (tertiary/aromatic N) is 1. The van der Waals surface area contributed by atoms with Crippen molar-refractivity contribution in [3.05, 3.63) is 71.5 Å². The molecule has 4 atom stereocenters. The van der Waals surface area contributed by atoms with E-state index in [1.807, 2.05) is 18.2 Å².